The van der Waals surface area contributed by atoms with Gasteiger partial charge in [0.05, 0.1) is 0 Å². The van der Waals surface area contributed by atoms with Crippen molar-refractivity contribution in [3.05, 3.63) is 0 Å². The molecule has 1 heterocycles. The molecule has 1 nitrogen and oxygen atoms in total. The van der Waals surface area contributed by atoms with Crippen LogP contribution in [0.15, 0.2) is 0 Å². The van der Waals surface area contributed by atoms with Gasteiger partial charge in [-0.2, -0.15) is 0 Å². The Bertz CT molecular complexity index is 103. The van der Waals surface area contributed by atoms with Crippen molar-refractivity contribution in [1.29, 1.82) is 0 Å². The smallest absolute Gasteiger partial charge is 0.0462 e. The summed E-state index contributed by atoms with van der Waals surface area (Å²) in [6, 6.07) is 0. The summed E-state index contributed by atoms with van der Waals surface area (Å²) in [5, 5.41) is 0.956. The predicted molar refractivity (Wildman–Crippen MR) is 58.8 cm³/mol. The molecule has 1 fully saturated rings. The van der Waals surface area contributed by atoms with Crippen molar-refractivity contribution in [2.45, 2.75) is 37.4 Å². The molecule has 0 aromatic carbocycles. The number of methoxy groups -OCH3 is 1. The van der Waals surface area contributed by atoms with E-state index in [4.69, 9.17) is 4.74 Å². The molecule has 1 aliphatic heterocycles. The first-order valence-electron chi connectivity index (χ1n) is 4.70. The molecule has 0 radical (unpaired) electrons. The SMILES string of the molecule is COCCCCC[C@@H]1CCSS1. The number of unbranched alkanes of at least 4 members (excludes halogenated alkanes) is 2. The van der Waals surface area contributed by atoms with Gasteiger partial charge in [0.2, 0.25) is 0 Å². The van der Waals surface area contributed by atoms with E-state index in [-0.39, 0.29) is 0 Å². The highest BCUT2D eigenvalue weighted by molar-refractivity contribution is 8.77. The molecule has 0 saturated carbocycles. The molecule has 1 rings (SSSR count). The van der Waals surface area contributed by atoms with Crippen molar-refractivity contribution in [3.63, 3.8) is 0 Å². The predicted octanol–water partition coefficient (Wildman–Crippen LogP) is 3.35. The third kappa shape index (κ3) is 4.63. The van der Waals surface area contributed by atoms with Crippen LogP contribution in [0.4, 0.5) is 0 Å². The van der Waals surface area contributed by atoms with Gasteiger partial charge in [-0.1, -0.05) is 34.4 Å². The molecule has 72 valence electrons. The summed E-state index contributed by atoms with van der Waals surface area (Å²) >= 11 is 0. The van der Waals surface area contributed by atoms with Gasteiger partial charge in [0.1, 0.15) is 0 Å². The lowest BCUT2D eigenvalue weighted by atomic mass is 10.1. The molecule has 0 bridgehead atoms. The van der Waals surface area contributed by atoms with Gasteiger partial charge in [-0.25, -0.2) is 0 Å². The lowest BCUT2D eigenvalue weighted by molar-refractivity contribution is 0.192. The third-order valence-electron chi connectivity index (χ3n) is 2.10. The van der Waals surface area contributed by atoms with Gasteiger partial charge in [-0.3, -0.25) is 0 Å². The second kappa shape index (κ2) is 7.10. The molecule has 0 amide bonds. The molecular weight excluding hydrogens is 188 g/mol. The van der Waals surface area contributed by atoms with Crippen LogP contribution in [0.2, 0.25) is 0 Å². The molecule has 1 atom stereocenters. The van der Waals surface area contributed by atoms with Crippen LogP contribution in [-0.4, -0.2) is 24.7 Å². The van der Waals surface area contributed by atoms with Gasteiger partial charge >= 0.3 is 0 Å². The van der Waals surface area contributed by atoms with Crippen molar-refractivity contribution < 1.29 is 4.74 Å². The van der Waals surface area contributed by atoms with Crippen LogP contribution >= 0.6 is 21.6 Å². The average molecular weight is 206 g/mol. The Morgan fingerprint density at radius 1 is 1.33 bits per heavy atom. The summed E-state index contributed by atoms with van der Waals surface area (Å²) in [4.78, 5) is 0. The van der Waals surface area contributed by atoms with E-state index in [2.05, 4.69) is 10.8 Å². The molecular formula is C9H18OS2. The van der Waals surface area contributed by atoms with Gasteiger partial charge in [0.25, 0.3) is 0 Å². The van der Waals surface area contributed by atoms with Gasteiger partial charge in [-0.05, 0) is 19.3 Å². The topological polar surface area (TPSA) is 9.23 Å². The van der Waals surface area contributed by atoms with E-state index in [1.54, 1.807) is 7.11 Å². The van der Waals surface area contributed by atoms with Crippen LogP contribution in [0.3, 0.4) is 0 Å². The second-order valence-corrected chi connectivity index (χ2v) is 5.96. The highest BCUT2D eigenvalue weighted by Crippen LogP contribution is 2.39. The Morgan fingerprint density at radius 3 is 2.92 bits per heavy atom. The zero-order valence-corrected chi connectivity index (χ0v) is 9.38. The standard InChI is InChI=1S/C9H18OS2/c1-10-7-4-2-3-5-9-6-8-11-12-9/h9H,2-8H2,1H3/t9-/m1/s1. The van der Waals surface area contributed by atoms with Crippen LogP contribution < -0.4 is 0 Å². The molecule has 1 aliphatic rings. The van der Waals surface area contributed by atoms with Gasteiger partial charge in [0, 0.05) is 24.7 Å². The normalized spacial score (nSPS) is 23.2. The van der Waals surface area contributed by atoms with E-state index in [0.717, 1.165) is 11.9 Å². The van der Waals surface area contributed by atoms with E-state index >= 15 is 0 Å². The number of rotatable bonds is 6. The Hall–Kier alpha value is 0.660. The monoisotopic (exact) mass is 206 g/mol. The molecule has 0 spiro atoms. The zero-order valence-electron chi connectivity index (χ0n) is 7.75. The van der Waals surface area contributed by atoms with Crippen molar-refractivity contribution in [3.8, 4) is 0 Å². The second-order valence-electron chi connectivity index (χ2n) is 3.17. The van der Waals surface area contributed by atoms with Crippen molar-refractivity contribution in [1.82, 2.24) is 0 Å². The number of hydrogen-bond donors (Lipinski definition) is 0. The quantitative estimate of drug-likeness (QED) is 0.487. The fourth-order valence-electron chi connectivity index (χ4n) is 1.36. The Kier molecular flexibility index (Phi) is 6.35. The van der Waals surface area contributed by atoms with E-state index in [1.165, 1.54) is 37.9 Å². The first-order valence-corrected chi connectivity index (χ1v) is 7.09. The summed E-state index contributed by atoms with van der Waals surface area (Å²) in [5.41, 5.74) is 0. The van der Waals surface area contributed by atoms with Gasteiger partial charge in [0.15, 0.2) is 0 Å². The summed E-state index contributed by atoms with van der Waals surface area (Å²) in [6.07, 6.45) is 6.82. The minimum atomic E-state index is 0.937. The van der Waals surface area contributed by atoms with Crippen LogP contribution in [0.1, 0.15) is 32.1 Å². The molecule has 0 aromatic rings. The largest absolute Gasteiger partial charge is 0.385 e. The summed E-state index contributed by atoms with van der Waals surface area (Å²) in [5.74, 6) is 1.37. The van der Waals surface area contributed by atoms with E-state index in [0.29, 0.717) is 0 Å². The minimum absolute atomic E-state index is 0.937. The average Bonchev–Trinajstić information content (AvgIpc) is 2.57. The van der Waals surface area contributed by atoms with Crippen molar-refractivity contribution in [2.75, 3.05) is 19.5 Å². The fourth-order valence-corrected chi connectivity index (χ4v) is 4.39. The van der Waals surface area contributed by atoms with Gasteiger partial charge in [-0.15, -0.1) is 0 Å². The van der Waals surface area contributed by atoms with E-state index in [1.807, 2.05) is 10.8 Å². The maximum atomic E-state index is 5.00. The zero-order chi connectivity index (χ0) is 8.65. The maximum Gasteiger partial charge on any atom is 0.0462 e. The third-order valence-corrected chi connectivity index (χ3v) is 5.11. The fraction of sp³-hybridized carbons (Fsp3) is 1.00. The minimum Gasteiger partial charge on any atom is -0.385 e. The molecule has 0 N–H and O–H groups in total. The lowest BCUT2D eigenvalue weighted by Crippen LogP contribution is -1.97. The molecule has 0 unspecified atom stereocenters. The molecule has 3 heteroatoms. The van der Waals surface area contributed by atoms with E-state index < -0.39 is 0 Å². The highest BCUT2D eigenvalue weighted by Gasteiger charge is 2.15. The molecule has 1 saturated heterocycles. The number of hydrogen-bond acceptors (Lipinski definition) is 3. The van der Waals surface area contributed by atoms with Crippen LogP contribution in [0, 0.1) is 0 Å². The maximum absolute atomic E-state index is 5.00. The van der Waals surface area contributed by atoms with Gasteiger partial charge < -0.3 is 4.74 Å². The first-order chi connectivity index (χ1) is 5.93. The van der Waals surface area contributed by atoms with Crippen LogP contribution in [0.5, 0.6) is 0 Å². The summed E-state index contributed by atoms with van der Waals surface area (Å²) in [7, 11) is 5.92. The Morgan fingerprint density at radius 2 is 2.25 bits per heavy atom. The Balaban J connectivity index is 1.81. The Labute approximate surface area is 83.4 Å². The first kappa shape index (κ1) is 10.7. The summed E-state index contributed by atoms with van der Waals surface area (Å²) in [6.45, 7) is 0.937. The van der Waals surface area contributed by atoms with E-state index in [9.17, 15) is 0 Å². The van der Waals surface area contributed by atoms with Crippen LogP contribution in [-0.2, 0) is 4.74 Å². The highest BCUT2D eigenvalue weighted by atomic mass is 33.1. The van der Waals surface area contributed by atoms with Crippen molar-refractivity contribution in [2.24, 2.45) is 0 Å². The van der Waals surface area contributed by atoms with Crippen LogP contribution in [0.25, 0.3) is 0 Å². The molecule has 0 aromatic heterocycles. The molecule has 0 aliphatic carbocycles. The van der Waals surface area contributed by atoms with Crippen molar-refractivity contribution >= 4 is 21.6 Å². The lowest BCUT2D eigenvalue weighted by Gasteiger charge is -2.05. The summed E-state index contributed by atoms with van der Waals surface area (Å²) < 4.78 is 5.00. The number of ether oxygens (including phenoxy) is 1. The molecule has 12 heavy (non-hydrogen) atoms.